The summed E-state index contributed by atoms with van der Waals surface area (Å²) in [6, 6.07) is 5.07. The molecule has 0 radical (unpaired) electrons. The van der Waals surface area contributed by atoms with Crippen LogP contribution in [0.3, 0.4) is 0 Å². The number of aliphatic imine (C=N–C) groups is 1. The lowest BCUT2D eigenvalue weighted by Crippen LogP contribution is -2.36. The molecule has 0 saturated heterocycles. The number of rotatable bonds is 3. The van der Waals surface area contributed by atoms with Crippen LogP contribution in [0.2, 0.25) is 0 Å². The first kappa shape index (κ1) is 11.9. The van der Waals surface area contributed by atoms with Crippen LogP contribution >= 0.6 is 0 Å². The largest absolute Gasteiger partial charge is 0.370 e. The lowest BCUT2D eigenvalue weighted by molar-refractivity contribution is 0.346. The Bertz CT molecular complexity index is 442. The maximum absolute atomic E-state index is 13.1. The quantitative estimate of drug-likeness (QED) is 0.872. The van der Waals surface area contributed by atoms with Gasteiger partial charge in [0.2, 0.25) is 0 Å². The molecule has 17 heavy (non-hydrogen) atoms. The lowest BCUT2D eigenvalue weighted by Gasteiger charge is -2.27. The number of aryl methyl sites for hydroxylation is 1. The number of hydrogen-bond donors (Lipinski definition) is 1. The zero-order valence-electron chi connectivity index (χ0n) is 10.3. The summed E-state index contributed by atoms with van der Waals surface area (Å²) >= 11 is 0. The second kappa shape index (κ2) is 4.73. The van der Waals surface area contributed by atoms with E-state index in [4.69, 9.17) is 5.73 Å². The van der Waals surface area contributed by atoms with E-state index in [0.717, 1.165) is 24.1 Å². The molecule has 3 nitrogen and oxygen atoms in total. The first-order valence-corrected chi connectivity index (χ1v) is 5.96. The van der Waals surface area contributed by atoms with E-state index in [2.05, 4.69) is 16.8 Å². The molecule has 1 heterocycles. The molecule has 1 atom stereocenters. The Kier molecular flexibility index (Phi) is 3.31. The number of nitrogens with two attached hydrogens (primary N) is 1. The molecular weight excluding hydrogens is 217 g/mol. The van der Waals surface area contributed by atoms with E-state index in [-0.39, 0.29) is 11.9 Å². The fraction of sp³-hybridized carbons (Fsp3) is 0.462. The Morgan fingerprint density at radius 2 is 2.29 bits per heavy atom. The van der Waals surface area contributed by atoms with Gasteiger partial charge in [-0.05, 0) is 36.6 Å². The summed E-state index contributed by atoms with van der Waals surface area (Å²) < 4.78 is 13.1. The van der Waals surface area contributed by atoms with Crippen molar-refractivity contribution < 1.29 is 4.39 Å². The average molecular weight is 235 g/mol. The molecule has 4 heteroatoms. The third kappa shape index (κ3) is 2.25. The van der Waals surface area contributed by atoms with E-state index in [0.29, 0.717) is 12.5 Å². The molecule has 2 N–H and O–H groups in total. The predicted octanol–water partition coefficient (Wildman–Crippen LogP) is 2.22. The topological polar surface area (TPSA) is 41.6 Å². The Balaban J connectivity index is 2.28. The van der Waals surface area contributed by atoms with Crippen LogP contribution in [-0.2, 0) is 0 Å². The summed E-state index contributed by atoms with van der Waals surface area (Å²) in [4.78, 5) is 6.38. The van der Waals surface area contributed by atoms with Crippen molar-refractivity contribution in [1.82, 2.24) is 4.90 Å². The molecule has 1 aromatic rings. The van der Waals surface area contributed by atoms with E-state index in [1.54, 1.807) is 6.07 Å². The van der Waals surface area contributed by atoms with Gasteiger partial charge in [-0.2, -0.15) is 0 Å². The molecule has 0 saturated carbocycles. The highest BCUT2D eigenvalue weighted by atomic mass is 19.1. The zero-order valence-corrected chi connectivity index (χ0v) is 10.3. The maximum Gasteiger partial charge on any atom is 0.191 e. The summed E-state index contributed by atoms with van der Waals surface area (Å²) in [5.41, 5.74) is 7.95. The number of hydrogen-bond acceptors (Lipinski definition) is 3. The van der Waals surface area contributed by atoms with Crippen LogP contribution < -0.4 is 5.73 Å². The Labute approximate surface area is 101 Å². The predicted molar refractivity (Wildman–Crippen MR) is 67.4 cm³/mol. The van der Waals surface area contributed by atoms with Gasteiger partial charge in [0.05, 0.1) is 12.6 Å². The third-order valence-electron chi connectivity index (χ3n) is 3.15. The first-order chi connectivity index (χ1) is 8.13. The standard InChI is InChI=1S/C13H18FN3/c1-3-6-17-12(8-16-13(17)15)11-5-4-10(14)7-9(11)2/h4-5,7,12H,3,6,8H2,1-2H3,(H2,15,16). The summed E-state index contributed by atoms with van der Waals surface area (Å²) in [5.74, 6) is 0.403. The molecule has 0 amide bonds. The molecule has 2 rings (SSSR count). The minimum absolute atomic E-state index is 0.163. The van der Waals surface area contributed by atoms with Gasteiger partial charge in [-0.3, -0.25) is 4.99 Å². The molecule has 0 spiro atoms. The summed E-state index contributed by atoms with van der Waals surface area (Å²) in [6.07, 6.45) is 1.02. The molecule has 1 aliphatic heterocycles. The average Bonchev–Trinajstić information content (AvgIpc) is 2.62. The Morgan fingerprint density at radius 3 is 2.94 bits per heavy atom. The highest BCUT2D eigenvalue weighted by Crippen LogP contribution is 2.28. The summed E-state index contributed by atoms with van der Waals surface area (Å²) in [6.45, 7) is 5.59. The fourth-order valence-corrected chi connectivity index (χ4v) is 2.32. The molecule has 1 aromatic carbocycles. The first-order valence-electron chi connectivity index (χ1n) is 5.96. The van der Waals surface area contributed by atoms with Crippen molar-refractivity contribution in [3.05, 3.63) is 35.1 Å². The van der Waals surface area contributed by atoms with Gasteiger partial charge < -0.3 is 10.6 Å². The van der Waals surface area contributed by atoms with Gasteiger partial charge in [-0.15, -0.1) is 0 Å². The minimum Gasteiger partial charge on any atom is -0.370 e. The van der Waals surface area contributed by atoms with Crippen molar-refractivity contribution in [1.29, 1.82) is 0 Å². The third-order valence-corrected chi connectivity index (χ3v) is 3.15. The summed E-state index contributed by atoms with van der Waals surface area (Å²) in [5, 5.41) is 0. The molecule has 0 fully saturated rings. The minimum atomic E-state index is -0.194. The van der Waals surface area contributed by atoms with Crippen LogP contribution in [-0.4, -0.2) is 23.9 Å². The molecule has 0 bridgehead atoms. The van der Waals surface area contributed by atoms with E-state index < -0.39 is 0 Å². The van der Waals surface area contributed by atoms with Crippen LogP contribution in [0.4, 0.5) is 4.39 Å². The van der Waals surface area contributed by atoms with Crippen molar-refractivity contribution in [2.75, 3.05) is 13.1 Å². The molecule has 0 aromatic heterocycles. The van der Waals surface area contributed by atoms with Gasteiger partial charge in [0.1, 0.15) is 5.82 Å². The van der Waals surface area contributed by atoms with E-state index in [9.17, 15) is 4.39 Å². The second-order valence-corrected chi connectivity index (χ2v) is 4.41. The van der Waals surface area contributed by atoms with E-state index in [1.807, 2.05) is 13.0 Å². The molecule has 1 aliphatic rings. The fourth-order valence-electron chi connectivity index (χ4n) is 2.32. The number of nitrogens with zero attached hydrogens (tertiary/aromatic N) is 2. The van der Waals surface area contributed by atoms with Crippen LogP contribution in [0.5, 0.6) is 0 Å². The Hall–Kier alpha value is -1.58. The highest BCUT2D eigenvalue weighted by molar-refractivity contribution is 5.80. The van der Waals surface area contributed by atoms with Crippen molar-refractivity contribution in [2.24, 2.45) is 10.7 Å². The molecule has 92 valence electrons. The van der Waals surface area contributed by atoms with Crippen LogP contribution in [0.1, 0.15) is 30.5 Å². The molecule has 1 unspecified atom stereocenters. The Morgan fingerprint density at radius 1 is 1.53 bits per heavy atom. The number of halogens is 1. The van der Waals surface area contributed by atoms with Gasteiger partial charge in [-0.25, -0.2) is 4.39 Å². The normalized spacial score (nSPS) is 19.6. The van der Waals surface area contributed by atoms with Crippen molar-refractivity contribution in [3.63, 3.8) is 0 Å². The van der Waals surface area contributed by atoms with Gasteiger partial charge in [-0.1, -0.05) is 13.0 Å². The van der Waals surface area contributed by atoms with E-state index >= 15 is 0 Å². The van der Waals surface area contributed by atoms with Gasteiger partial charge >= 0.3 is 0 Å². The van der Waals surface area contributed by atoms with Crippen LogP contribution in [0.15, 0.2) is 23.2 Å². The van der Waals surface area contributed by atoms with Gasteiger partial charge in [0.15, 0.2) is 5.96 Å². The highest BCUT2D eigenvalue weighted by Gasteiger charge is 2.27. The van der Waals surface area contributed by atoms with Gasteiger partial charge in [0, 0.05) is 6.54 Å². The zero-order chi connectivity index (χ0) is 12.4. The van der Waals surface area contributed by atoms with Crippen molar-refractivity contribution in [3.8, 4) is 0 Å². The monoisotopic (exact) mass is 235 g/mol. The maximum atomic E-state index is 13.1. The van der Waals surface area contributed by atoms with Crippen molar-refractivity contribution in [2.45, 2.75) is 26.3 Å². The second-order valence-electron chi connectivity index (χ2n) is 4.41. The SMILES string of the molecule is CCCN1C(N)=NCC1c1ccc(F)cc1C. The number of guanidine groups is 1. The lowest BCUT2D eigenvalue weighted by atomic mass is 10.0. The van der Waals surface area contributed by atoms with Crippen molar-refractivity contribution >= 4 is 5.96 Å². The van der Waals surface area contributed by atoms with Crippen LogP contribution in [0, 0.1) is 12.7 Å². The molecular formula is C13H18FN3. The molecule has 0 aliphatic carbocycles. The van der Waals surface area contributed by atoms with Crippen LogP contribution in [0.25, 0.3) is 0 Å². The van der Waals surface area contributed by atoms with E-state index in [1.165, 1.54) is 6.07 Å². The van der Waals surface area contributed by atoms with Gasteiger partial charge in [0.25, 0.3) is 0 Å². The smallest absolute Gasteiger partial charge is 0.191 e. The number of benzene rings is 1. The summed E-state index contributed by atoms with van der Waals surface area (Å²) in [7, 11) is 0.